The van der Waals surface area contributed by atoms with Crippen molar-refractivity contribution in [2.24, 2.45) is 0 Å². The molecule has 0 unspecified atom stereocenters. The van der Waals surface area contributed by atoms with Crippen LogP contribution in [0.2, 0.25) is 0 Å². The van der Waals surface area contributed by atoms with Crippen molar-refractivity contribution in [1.82, 2.24) is 14.8 Å². The van der Waals surface area contributed by atoms with Crippen molar-refractivity contribution < 1.29 is 9.18 Å². The standard InChI is InChI=1S/C22H19FN4OS2/c23-17-10-4-5-11-18(17)24-20(28)13-7-15-30-22-26-25-21(19-12-6-14-29-19)27(22)16-8-2-1-3-9-16/h1-6,8-12,14H,7,13,15H2,(H,24,28). The number of nitrogens with zero attached hydrogens (tertiary/aromatic N) is 3. The van der Waals surface area contributed by atoms with E-state index in [9.17, 15) is 9.18 Å². The Bertz CT molecular complexity index is 1110. The van der Waals surface area contributed by atoms with Crippen molar-refractivity contribution in [2.75, 3.05) is 11.1 Å². The number of thiophene rings is 1. The summed E-state index contributed by atoms with van der Waals surface area (Å²) in [6, 6.07) is 20.2. The number of nitrogens with one attached hydrogen (secondary N) is 1. The molecule has 5 nitrogen and oxygen atoms in total. The fourth-order valence-electron chi connectivity index (χ4n) is 2.91. The Morgan fingerprint density at radius 1 is 1.03 bits per heavy atom. The second-order valence-electron chi connectivity index (χ2n) is 6.43. The van der Waals surface area contributed by atoms with Gasteiger partial charge in [0.05, 0.1) is 10.6 Å². The summed E-state index contributed by atoms with van der Waals surface area (Å²) in [6.45, 7) is 0. The van der Waals surface area contributed by atoms with E-state index in [1.54, 1.807) is 41.3 Å². The van der Waals surface area contributed by atoms with Crippen molar-refractivity contribution in [3.63, 3.8) is 0 Å². The SMILES string of the molecule is O=C(CCCSc1nnc(-c2cccs2)n1-c1ccccc1)Nc1ccccc1F. The normalized spacial score (nSPS) is 10.8. The fraction of sp³-hybridized carbons (Fsp3) is 0.136. The van der Waals surface area contributed by atoms with Crippen LogP contribution < -0.4 is 5.32 Å². The number of halogens is 1. The van der Waals surface area contributed by atoms with Gasteiger partial charge in [-0.3, -0.25) is 9.36 Å². The van der Waals surface area contributed by atoms with Crippen LogP contribution >= 0.6 is 23.1 Å². The van der Waals surface area contributed by atoms with Gasteiger partial charge in [0.25, 0.3) is 0 Å². The van der Waals surface area contributed by atoms with E-state index in [0.717, 1.165) is 21.5 Å². The van der Waals surface area contributed by atoms with E-state index in [2.05, 4.69) is 15.5 Å². The second-order valence-corrected chi connectivity index (χ2v) is 8.44. The lowest BCUT2D eigenvalue weighted by molar-refractivity contribution is -0.116. The number of hydrogen-bond donors (Lipinski definition) is 1. The highest BCUT2D eigenvalue weighted by Gasteiger charge is 2.16. The van der Waals surface area contributed by atoms with Gasteiger partial charge in [-0.05, 0) is 42.1 Å². The molecule has 0 saturated heterocycles. The van der Waals surface area contributed by atoms with E-state index in [0.29, 0.717) is 18.6 Å². The highest BCUT2D eigenvalue weighted by molar-refractivity contribution is 7.99. The smallest absolute Gasteiger partial charge is 0.224 e. The van der Waals surface area contributed by atoms with Gasteiger partial charge in [0.1, 0.15) is 5.82 Å². The van der Waals surface area contributed by atoms with Gasteiger partial charge in [-0.25, -0.2) is 4.39 Å². The Labute approximate surface area is 182 Å². The zero-order valence-electron chi connectivity index (χ0n) is 16.0. The number of thioether (sulfide) groups is 1. The minimum absolute atomic E-state index is 0.204. The maximum atomic E-state index is 13.6. The number of carbonyl (C=O) groups excluding carboxylic acids is 1. The molecular weight excluding hydrogens is 419 g/mol. The topological polar surface area (TPSA) is 59.8 Å². The van der Waals surface area contributed by atoms with Crippen LogP contribution in [0.3, 0.4) is 0 Å². The van der Waals surface area contributed by atoms with E-state index in [4.69, 9.17) is 0 Å². The number of anilines is 1. The molecule has 4 rings (SSSR count). The van der Waals surface area contributed by atoms with E-state index in [1.807, 2.05) is 52.4 Å². The number of benzene rings is 2. The van der Waals surface area contributed by atoms with Crippen molar-refractivity contribution >= 4 is 34.7 Å². The Kier molecular flexibility index (Phi) is 6.56. The Morgan fingerprint density at radius 3 is 2.60 bits per heavy atom. The molecule has 0 atom stereocenters. The van der Waals surface area contributed by atoms with E-state index in [-0.39, 0.29) is 11.6 Å². The summed E-state index contributed by atoms with van der Waals surface area (Å²) in [5, 5.41) is 14.2. The molecule has 0 spiro atoms. The van der Waals surface area contributed by atoms with Gasteiger partial charge in [-0.2, -0.15) is 0 Å². The minimum Gasteiger partial charge on any atom is -0.324 e. The predicted molar refractivity (Wildman–Crippen MR) is 120 cm³/mol. The number of aromatic nitrogens is 3. The third-order valence-electron chi connectivity index (χ3n) is 4.32. The quantitative estimate of drug-likeness (QED) is 0.285. The third-order valence-corrected chi connectivity index (χ3v) is 6.20. The molecular formula is C22H19FN4OS2. The highest BCUT2D eigenvalue weighted by atomic mass is 32.2. The molecule has 2 heterocycles. The highest BCUT2D eigenvalue weighted by Crippen LogP contribution is 2.30. The molecule has 0 aliphatic carbocycles. The number of carbonyl (C=O) groups is 1. The summed E-state index contributed by atoms with van der Waals surface area (Å²) < 4.78 is 15.7. The first kappa shape index (κ1) is 20.3. The van der Waals surface area contributed by atoms with Gasteiger partial charge in [0.15, 0.2) is 11.0 Å². The van der Waals surface area contributed by atoms with Crippen LogP contribution in [0, 0.1) is 5.82 Å². The van der Waals surface area contributed by atoms with Gasteiger partial charge in [-0.15, -0.1) is 21.5 Å². The lowest BCUT2D eigenvalue weighted by Crippen LogP contribution is -2.12. The summed E-state index contributed by atoms with van der Waals surface area (Å²) in [4.78, 5) is 13.1. The number of amides is 1. The molecule has 152 valence electrons. The molecule has 0 aliphatic heterocycles. The van der Waals surface area contributed by atoms with Crippen LogP contribution in [0.4, 0.5) is 10.1 Å². The first-order valence-electron chi connectivity index (χ1n) is 9.44. The Balaban J connectivity index is 1.40. The van der Waals surface area contributed by atoms with Crippen LogP contribution in [0.1, 0.15) is 12.8 Å². The molecule has 0 radical (unpaired) electrons. The lowest BCUT2D eigenvalue weighted by atomic mass is 10.2. The predicted octanol–water partition coefficient (Wildman–Crippen LogP) is 5.65. The first-order valence-corrected chi connectivity index (χ1v) is 11.3. The summed E-state index contributed by atoms with van der Waals surface area (Å²) in [5.41, 5.74) is 1.20. The number of para-hydroxylation sites is 2. The van der Waals surface area contributed by atoms with Crippen LogP contribution in [0.15, 0.2) is 77.3 Å². The maximum absolute atomic E-state index is 13.6. The van der Waals surface area contributed by atoms with E-state index >= 15 is 0 Å². The number of hydrogen-bond acceptors (Lipinski definition) is 5. The monoisotopic (exact) mass is 438 g/mol. The van der Waals surface area contributed by atoms with Crippen molar-refractivity contribution in [2.45, 2.75) is 18.0 Å². The number of rotatable bonds is 8. The van der Waals surface area contributed by atoms with Gasteiger partial charge >= 0.3 is 0 Å². The maximum Gasteiger partial charge on any atom is 0.224 e. The van der Waals surface area contributed by atoms with Crippen molar-refractivity contribution in [3.8, 4) is 16.4 Å². The Morgan fingerprint density at radius 2 is 1.83 bits per heavy atom. The van der Waals surface area contributed by atoms with Crippen LogP contribution in [-0.4, -0.2) is 26.4 Å². The summed E-state index contributed by atoms with van der Waals surface area (Å²) in [7, 11) is 0. The molecule has 0 saturated carbocycles. The minimum atomic E-state index is -0.433. The van der Waals surface area contributed by atoms with Gasteiger partial charge in [-0.1, -0.05) is 48.2 Å². The van der Waals surface area contributed by atoms with E-state index < -0.39 is 5.82 Å². The zero-order chi connectivity index (χ0) is 20.8. The largest absolute Gasteiger partial charge is 0.324 e. The molecule has 0 aliphatic rings. The molecule has 0 bridgehead atoms. The molecule has 2 aromatic carbocycles. The third kappa shape index (κ3) is 4.77. The van der Waals surface area contributed by atoms with Gasteiger partial charge in [0.2, 0.25) is 5.91 Å². The summed E-state index contributed by atoms with van der Waals surface area (Å²) in [5.74, 6) is 0.859. The van der Waals surface area contributed by atoms with E-state index in [1.165, 1.54) is 6.07 Å². The molecule has 8 heteroatoms. The zero-order valence-corrected chi connectivity index (χ0v) is 17.6. The first-order chi connectivity index (χ1) is 14.7. The molecule has 2 aromatic heterocycles. The fourth-order valence-corrected chi connectivity index (χ4v) is 4.50. The average Bonchev–Trinajstić information content (AvgIpc) is 3.43. The van der Waals surface area contributed by atoms with Crippen LogP contribution in [-0.2, 0) is 4.79 Å². The molecule has 4 aromatic rings. The summed E-state index contributed by atoms with van der Waals surface area (Å²) >= 11 is 3.17. The Hall–Kier alpha value is -2.97. The van der Waals surface area contributed by atoms with Crippen molar-refractivity contribution in [3.05, 3.63) is 77.9 Å². The van der Waals surface area contributed by atoms with Crippen molar-refractivity contribution in [1.29, 1.82) is 0 Å². The van der Waals surface area contributed by atoms with Gasteiger partial charge in [0, 0.05) is 17.9 Å². The van der Waals surface area contributed by atoms with Crippen LogP contribution in [0.5, 0.6) is 0 Å². The van der Waals surface area contributed by atoms with Gasteiger partial charge < -0.3 is 5.32 Å². The molecule has 30 heavy (non-hydrogen) atoms. The molecule has 1 N–H and O–H groups in total. The summed E-state index contributed by atoms with van der Waals surface area (Å²) in [6.07, 6.45) is 0.944. The lowest BCUT2D eigenvalue weighted by Gasteiger charge is -2.09. The molecule has 0 fully saturated rings. The average molecular weight is 439 g/mol. The molecule has 1 amide bonds. The van der Waals surface area contributed by atoms with Crippen LogP contribution in [0.25, 0.3) is 16.4 Å². The second kappa shape index (κ2) is 9.69.